The SMILES string of the molecule is COc1cc(/C=C/c2cccc3ccccc23)ccc1OC(=O)COc1cc(C)c(Cl)c(C)c1. The highest BCUT2D eigenvalue weighted by Gasteiger charge is 2.12. The fourth-order valence-electron chi connectivity index (χ4n) is 3.74. The molecule has 5 heteroatoms. The first kappa shape index (κ1) is 23.4. The van der Waals surface area contributed by atoms with Crippen molar-refractivity contribution in [3.05, 3.63) is 100 Å². The Bertz CT molecular complexity index is 1350. The molecule has 0 unspecified atom stereocenters. The number of esters is 1. The first-order valence-electron chi connectivity index (χ1n) is 10.9. The van der Waals surface area contributed by atoms with Gasteiger partial charge in [-0.2, -0.15) is 0 Å². The maximum Gasteiger partial charge on any atom is 0.349 e. The second-order valence-electron chi connectivity index (χ2n) is 7.95. The quantitative estimate of drug-likeness (QED) is 0.161. The van der Waals surface area contributed by atoms with Crippen molar-refractivity contribution in [2.75, 3.05) is 13.7 Å². The third-order valence-electron chi connectivity index (χ3n) is 5.46. The van der Waals surface area contributed by atoms with Gasteiger partial charge in [0.2, 0.25) is 0 Å². The van der Waals surface area contributed by atoms with Crippen molar-refractivity contribution in [2.45, 2.75) is 13.8 Å². The Labute approximate surface area is 204 Å². The molecule has 4 aromatic rings. The number of rotatable bonds is 7. The Kier molecular flexibility index (Phi) is 7.19. The molecule has 34 heavy (non-hydrogen) atoms. The Morgan fingerprint density at radius 3 is 2.38 bits per heavy atom. The standard InChI is InChI=1S/C29H25ClO4/c1-19-15-24(16-20(2)29(19)30)33-18-28(31)34-26-14-12-21(17-27(26)32-3)11-13-23-9-6-8-22-7-4-5-10-25(22)23/h4-17H,18H2,1-3H3/b13-11+. The smallest absolute Gasteiger partial charge is 0.349 e. The van der Waals surface area contributed by atoms with Crippen LogP contribution in [0, 0.1) is 13.8 Å². The van der Waals surface area contributed by atoms with Crippen LogP contribution in [0.2, 0.25) is 5.02 Å². The van der Waals surface area contributed by atoms with Crippen LogP contribution < -0.4 is 14.2 Å². The fraction of sp³-hybridized carbons (Fsp3) is 0.138. The Morgan fingerprint density at radius 1 is 0.882 bits per heavy atom. The van der Waals surface area contributed by atoms with Gasteiger partial charge < -0.3 is 14.2 Å². The van der Waals surface area contributed by atoms with Gasteiger partial charge in [0, 0.05) is 5.02 Å². The maximum absolute atomic E-state index is 12.4. The molecule has 0 saturated carbocycles. The number of aryl methyl sites for hydroxylation is 2. The van der Waals surface area contributed by atoms with E-state index in [0.717, 1.165) is 22.3 Å². The first-order valence-corrected chi connectivity index (χ1v) is 11.3. The van der Waals surface area contributed by atoms with E-state index in [0.29, 0.717) is 22.3 Å². The third-order valence-corrected chi connectivity index (χ3v) is 6.05. The normalized spacial score (nSPS) is 11.1. The minimum atomic E-state index is -0.525. The van der Waals surface area contributed by atoms with Crippen LogP contribution in [0.4, 0.5) is 0 Å². The molecular formula is C29H25ClO4. The van der Waals surface area contributed by atoms with Crippen LogP contribution in [-0.4, -0.2) is 19.7 Å². The summed E-state index contributed by atoms with van der Waals surface area (Å²) in [5, 5.41) is 3.06. The summed E-state index contributed by atoms with van der Waals surface area (Å²) >= 11 is 6.18. The zero-order chi connectivity index (χ0) is 24.1. The van der Waals surface area contributed by atoms with Crippen molar-refractivity contribution >= 4 is 40.5 Å². The van der Waals surface area contributed by atoms with Crippen LogP contribution in [0.15, 0.2) is 72.8 Å². The van der Waals surface area contributed by atoms with Gasteiger partial charge in [0.15, 0.2) is 18.1 Å². The van der Waals surface area contributed by atoms with Gasteiger partial charge >= 0.3 is 5.97 Å². The van der Waals surface area contributed by atoms with E-state index < -0.39 is 5.97 Å². The molecule has 4 rings (SSSR count). The van der Waals surface area contributed by atoms with Crippen molar-refractivity contribution in [3.8, 4) is 17.2 Å². The molecule has 0 aliphatic heterocycles. The van der Waals surface area contributed by atoms with Crippen LogP contribution in [0.3, 0.4) is 0 Å². The molecule has 4 aromatic carbocycles. The fourth-order valence-corrected chi connectivity index (χ4v) is 3.85. The number of hydrogen-bond donors (Lipinski definition) is 0. The summed E-state index contributed by atoms with van der Waals surface area (Å²) in [6.07, 6.45) is 4.07. The van der Waals surface area contributed by atoms with Crippen molar-refractivity contribution in [1.29, 1.82) is 0 Å². The van der Waals surface area contributed by atoms with E-state index in [-0.39, 0.29) is 6.61 Å². The average molecular weight is 473 g/mol. The van der Waals surface area contributed by atoms with Crippen molar-refractivity contribution in [2.24, 2.45) is 0 Å². The zero-order valence-corrected chi connectivity index (χ0v) is 20.1. The van der Waals surface area contributed by atoms with Crippen molar-refractivity contribution < 1.29 is 19.0 Å². The lowest BCUT2D eigenvalue weighted by Gasteiger charge is -2.12. The monoisotopic (exact) mass is 472 g/mol. The highest BCUT2D eigenvalue weighted by Crippen LogP contribution is 2.30. The Hall–Kier alpha value is -3.76. The summed E-state index contributed by atoms with van der Waals surface area (Å²) in [6, 6.07) is 23.5. The van der Waals surface area contributed by atoms with Gasteiger partial charge in [-0.05, 0) is 71.1 Å². The predicted octanol–water partition coefficient (Wildman–Crippen LogP) is 7.27. The summed E-state index contributed by atoms with van der Waals surface area (Å²) in [6.45, 7) is 3.55. The number of ether oxygens (including phenoxy) is 3. The second kappa shape index (κ2) is 10.4. The number of benzene rings is 4. The van der Waals surface area contributed by atoms with Gasteiger partial charge in [-0.25, -0.2) is 4.79 Å². The molecule has 0 bridgehead atoms. The largest absolute Gasteiger partial charge is 0.493 e. The van der Waals surface area contributed by atoms with Crippen LogP contribution in [0.25, 0.3) is 22.9 Å². The molecule has 0 heterocycles. The molecule has 0 spiro atoms. The summed E-state index contributed by atoms with van der Waals surface area (Å²) in [7, 11) is 1.54. The molecule has 0 radical (unpaired) electrons. The summed E-state index contributed by atoms with van der Waals surface area (Å²) in [4.78, 5) is 12.4. The van der Waals surface area contributed by atoms with E-state index in [1.165, 1.54) is 10.8 Å². The number of hydrogen-bond acceptors (Lipinski definition) is 4. The summed E-state index contributed by atoms with van der Waals surface area (Å²) in [5.74, 6) is 0.841. The van der Waals surface area contributed by atoms with Gasteiger partial charge in [-0.3, -0.25) is 0 Å². The molecular weight excluding hydrogens is 448 g/mol. The zero-order valence-electron chi connectivity index (χ0n) is 19.3. The van der Waals surface area contributed by atoms with Crippen LogP contribution in [-0.2, 0) is 4.79 Å². The third kappa shape index (κ3) is 5.41. The van der Waals surface area contributed by atoms with Gasteiger partial charge in [-0.15, -0.1) is 0 Å². The van der Waals surface area contributed by atoms with Crippen LogP contribution >= 0.6 is 11.6 Å². The van der Waals surface area contributed by atoms with E-state index >= 15 is 0 Å². The molecule has 0 aliphatic carbocycles. The van der Waals surface area contributed by atoms with Crippen molar-refractivity contribution in [1.82, 2.24) is 0 Å². The molecule has 0 fully saturated rings. The molecule has 0 aromatic heterocycles. The van der Waals surface area contributed by atoms with Crippen LogP contribution in [0.1, 0.15) is 22.3 Å². The van der Waals surface area contributed by atoms with Gasteiger partial charge in [0.25, 0.3) is 0 Å². The second-order valence-corrected chi connectivity index (χ2v) is 8.32. The van der Waals surface area contributed by atoms with Crippen LogP contribution in [0.5, 0.6) is 17.2 Å². The van der Waals surface area contributed by atoms with E-state index in [9.17, 15) is 4.79 Å². The predicted molar refractivity (Wildman–Crippen MR) is 138 cm³/mol. The number of halogens is 1. The molecule has 0 atom stereocenters. The molecule has 172 valence electrons. The summed E-state index contributed by atoms with van der Waals surface area (Å²) in [5.41, 5.74) is 3.82. The lowest BCUT2D eigenvalue weighted by Crippen LogP contribution is -2.18. The average Bonchev–Trinajstić information content (AvgIpc) is 2.85. The molecule has 0 amide bonds. The topological polar surface area (TPSA) is 44.8 Å². The maximum atomic E-state index is 12.4. The minimum Gasteiger partial charge on any atom is -0.493 e. The van der Waals surface area contributed by atoms with E-state index in [1.807, 2.05) is 50.3 Å². The molecule has 0 N–H and O–H groups in total. The number of methoxy groups -OCH3 is 1. The highest BCUT2D eigenvalue weighted by molar-refractivity contribution is 6.32. The van der Waals surface area contributed by atoms with E-state index in [4.69, 9.17) is 25.8 Å². The summed E-state index contributed by atoms with van der Waals surface area (Å²) < 4.78 is 16.5. The highest BCUT2D eigenvalue weighted by atomic mass is 35.5. The molecule has 0 aliphatic rings. The van der Waals surface area contributed by atoms with Crippen molar-refractivity contribution in [3.63, 3.8) is 0 Å². The molecule has 0 saturated heterocycles. The van der Waals surface area contributed by atoms with E-state index in [1.54, 1.807) is 25.3 Å². The van der Waals surface area contributed by atoms with Gasteiger partial charge in [-0.1, -0.05) is 72.3 Å². The van der Waals surface area contributed by atoms with E-state index in [2.05, 4.69) is 30.3 Å². The number of carbonyl (C=O) groups is 1. The Balaban J connectivity index is 1.44. The first-order chi connectivity index (χ1) is 16.4. The van der Waals surface area contributed by atoms with Gasteiger partial charge in [0.1, 0.15) is 5.75 Å². The van der Waals surface area contributed by atoms with Gasteiger partial charge in [0.05, 0.1) is 7.11 Å². The lowest BCUT2D eigenvalue weighted by atomic mass is 10.0. The lowest BCUT2D eigenvalue weighted by molar-refractivity contribution is -0.136. The number of carbonyl (C=O) groups excluding carboxylic acids is 1. The Morgan fingerprint density at radius 2 is 1.62 bits per heavy atom. The minimum absolute atomic E-state index is 0.230. The number of fused-ring (bicyclic) bond motifs is 1. The molecule has 4 nitrogen and oxygen atoms in total.